The molecule has 6 heteroatoms. The van der Waals surface area contributed by atoms with E-state index < -0.39 is 5.09 Å². The molecule has 0 fully saturated rings. The van der Waals surface area contributed by atoms with Crippen molar-refractivity contribution in [1.29, 1.82) is 0 Å². The van der Waals surface area contributed by atoms with Crippen LogP contribution in [0.25, 0.3) is 0 Å². The van der Waals surface area contributed by atoms with Crippen LogP contribution in [-0.4, -0.2) is 18.2 Å². The fourth-order valence-electron chi connectivity index (χ4n) is 1.12. The number of nitrogens with zero attached hydrogens (tertiary/aromatic N) is 1. The molecular formula is C10H23N2O3Pd-. The zero-order valence-corrected chi connectivity index (χ0v) is 11.7. The van der Waals surface area contributed by atoms with Crippen LogP contribution < -0.4 is 5.32 Å². The predicted octanol–water partition coefficient (Wildman–Crippen LogP) is 2.71. The third-order valence-electron chi connectivity index (χ3n) is 1.91. The van der Waals surface area contributed by atoms with Gasteiger partial charge in [-0.1, -0.05) is 39.5 Å². The van der Waals surface area contributed by atoms with Crippen molar-refractivity contribution in [3.8, 4) is 0 Å². The predicted molar refractivity (Wildman–Crippen MR) is 62.3 cm³/mol. The fraction of sp³-hybridized carbons (Fsp3) is 1.00. The quantitative estimate of drug-likeness (QED) is 0.322. The van der Waals surface area contributed by atoms with E-state index in [-0.39, 0.29) is 20.4 Å². The molecule has 0 aromatic carbocycles. The summed E-state index contributed by atoms with van der Waals surface area (Å²) in [6.07, 6.45) is 8.11. The van der Waals surface area contributed by atoms with Crippen LogP contribution in [0.15, 0.2) is 0 Å². The summed E-state index contributed by atoms with van der Waals surface area (Å²) >= 11 is 0. The molecule has 0 saturated carbocycles. The molecule has 1 N–H and O–H groups in total. The van der Waals surface area contributed by atoms with E-state index >= 15 is 0 Å². The first-order chi connectivity index (χ1) is 7.15. The van der Waals surface area contributed by atoms with Gasteiger partial charge in [0.1, 0.15) is 0 Å². The summed E-state index contributed by atoms with van der Waals surface area (Å²) < 4.78 is 0. The molecule has 0 aliphatic carbocycles. The van der Waals surface area contributed by atoms with Crippen molar-refractivity contribution in [2.45, 2.75) is 52.4 Å². The third kappa shape index (κ3) is 37.1. The summed E-state index contributed by atoms with van der Waals surface area (Å²) in [5.74, 6) is 0. The molecule has 0 heterocycles. The van der Waals surface area contributed by atoms with Crippen molar-refractivity contribution in [2.24, 2.45) is 0 Å². The van der Waals surface area contributed by atoms with E-state index in [1.54, 1.807) is 0 Å². The van der Waals surface area contributed by atoms with Gasteiger partial charge in [0.25, 0.3) is 0 Å². The molecule has 0 aliphatic heterocycles. The summed E-state index contributed by atoms with van der Waals surface area (Å²) in [4.78, 5) is 8.25. The van der Waals surface area contributed by atoms with Gasteiger partial charge in [-0.2, -0.15) is 0 Å². The molecule has 0 radical (unpaired) electrons. The van der Waals surface area contributed by atoms with E-state index in [4.69, 9.17) is 15.3 Å². The molecule has 0 spiro atoms. The maximum atomic E-state index is 8.25. The summed E-state index contributed by atoms with van der Waals surface area (Å²) in [5.41, 5.74) is 0. The Morgan fingerprint density at radius 1 is 0.938 bits per heavy atom. The number of unbranched alkanes of at least 4 members (excludes halogenated alkanes) is 4. The molecule has 0 rings (SSSR count). The number of hydrogen-bond donors (Lipinski definition) is 1. The Kier molecular flexibility index (Phi) is 26.8. The van der Waals surface area contributed by atoms with E-state index in [1.807, 2.05) is 0 Å². The molecular weight excluding hydrogens is 303 g/mol. The Labute approximate surface area is 112 Å². The van der Waals surface area contributed by atoms with Gasteiger partial charge in [-0.3, -0.25) is 0 Å². The molecule has 5 nitrogen and oxygen atoms in total. The zero-order valence-electron chi connectivity index (χ0n) is 10.1. The summed E-state index contributed by atoms with van der Waals surface area (Å²) in [7, 11) is 0. The minimum atomic E-state index is -1.75. The summed E-state index contributed by atoms with van der Waals surface area (Å²) in [6, 6.07) is 0. The summed E-state index contributed by atoms with van der Waals surface area (Å²) in [6.45, 7) is 6.93. The largest absolute Gasteiger partial charge is 0.356 e. The van der Waals surface area contributed by atoms with E-state index in [9.17, 15) is 0 Å². The Bertz CT molecular complexity index is 125. The van der Waals surface area contributed by atoms with E-state index in [2.05, 4.69) is 19.2 Å². The average Bonchev–Trinajstić information content (AvgIpc) is 2.16. The second kappa shape index (κ2) is 20.3. The van der Waals surface area contributed by atoms with Crippen molar-refractivity contribution in [2.75, 3.05) is 13.1 Å². The number of nitrogens with one attached hydrogen (secondary N) is 1. The molecule has 0 bridgehead atoms. The second-order valence-corrected chi connectivity index (χ2v) is 3.39. The topological polar surface area (TPSA) is 78.2 Å². The van der Waals surface area contributed by atoms with Crippen molar-refractivity contribution >= 4 is 0 Å². The smallest absolute Gasteiger partial charge is 0.0689 e. The Balaban J connectivity index is -0.000000292. The monoisotopic (exact) mass is 325 g/mol. The normalized spacial score (nSPS) is 8.62. The van der Waals surface area contributed by atoms with Gasteiger partial charge in [0.2, 0.25) is 0 Å². The number of hydrogen-bond acceptors (Lipinski definition) is 4. The minimum absolute atomic E-state index is 0. The Morgan fingerprint density at radius 3 is 1.50 bits per heavy atom. The van der Waals surface area contributed by atoms with Gasteiger partial charge in [0.15, 0.2) is 0 Å². The van der Waals surface area contributed by atoms with Gasteiger partial charge in [-0.15, -0.1) is 0 Å². The molecule has 102 valence electrons. The van der Waals surface area contributed by atoms with E-state index in [1.165, 1.54) is 51.6 Å². The van der Waals surface area contributed by atoms with Gasteiger partial charge in [0.05, 0.1) is 5.09 Å². The van der Waals surface area contributed by atoms with Crippen molar-refractivity contribution in [1.82, 2.24) is 5.32 Å². The molecule has 0 aromatic heterocycles. The van der Waals surface area contributed by atoms with Gasteiger partial charge < -0.3 is 20.6 Å². The number of rotatable bonds is 8. The average molecular weight is 326 g/mol. The van der Waals surface area contributed by atoms with Gasteiger partial charge in [0, 0.05) is 20.4 Å². The maximum Gasteiger partial charge on any atom is 0.0689 e. The zero-order chi connectivity index (χ0) is 11.9. The first-order valence-corrected chi connectivity index (χ1v) is 5.67. The molecule has 0 aromatic rings. The minimum Gasteiger partial charge on any atom is -0.356 e. The molecule has 0 atom stereocenters. The van der Waals surface area contributed by atoms with E-state index in [0.29, 0.717) is 0 Å². The van der Waals surface area contributed by atoms with Crippen LogP contribution >= 0.6 is 0 Å². The van der Waals surface area contributed by atoms with Crippen molar-refractivity contribution in [3.63, 3.8) is 0 Å². The molecule has 16 heavy (non-hydrogen) atoms. The first kappa shape index (κ1) is 21.1. The van der Waals surface area contributed by atoms with Gasteiger partial charge >= 0.3 is 0 Å². The first-order valence-electron chi connectivity index (χ1n) is 5.67. The van der Waals surface area contributed by atoms with Crippen molar-refractivity contribution < 1.29 is 25.5 Å². The van der Waals surface area contributed by atoms with Crippen LogP contribution in [-0.2, 0) is 20.4 Å². The molecule has 0 amide bonds. The SMILES string of the molecule is CCCCCNCCCCC.O=[N+]([O-])[O-].[Pd]. The second-order valence-electron chi connectivity index (χ2n) is 3.39. The standard InChI is InChI=1S/C10H23N.NO3.Pd/c1-3-5-7-9-11-10-8-6-4-2;2-1(3)4;/h11H,3-10H2,1-2H3;;/q;-1;. The fourth-order valence-corrected chi connectivity index (χ4v) is 1.12. The summed E-state index contributed by atoms with van der Waals surface area (Å²) in [5, 5.41) is 18.2. The van der Waals surface area contributed by atoms with Crippen LogP contribution in [0, 0.1) is 15.3 Å². The van der Waals surface area contributed by atoms with Gasteiger partial charge in [-0.05, 0) is 25.9 Å². The van der Waals surface area contributed by atoms with Crippen LogP contribution in [0.2, 0.25) is 0 Å². The van der Waals surface area contributed by atoms with Crippen LogP contribution in [0.3, 0.4) is 0 Å². The maximum absolute atomic E-state index is 8.25. The molecule has 0 aliphatic rings. The Hall–Kier alpha value is -0.178. The van der Waals surface area contributed by atoms with Crippen LogP contribution in [0.1, 0.15) is 52.4 Å². The van der Waals surface area contributed by atoms with Gasteiger partial charge in [-0.25, -0.2) is 0 Å². The van der Waals surface area contributed by atoms with E-state index in [0.717, 1.165) is 0 Å². The van der Waals surface area contributed by atoms with Crippen LogP contribution in [0.4, 0.5) is 0 Å². The third-order valence-corrected chi connectivity index (χ3v) is 1.91. The van der Waals surface area contributed by atoms with Crippen LogP contribution in [0.5, 0.6) is 0 Å². The van der Waals surface area contributed by atoms with Crippen molar-refractivity contribution in [3.05, 3.63) is 15.3 Å². The molecule has 0 unspecified atom stereocenters. The Morgan fingerprint density at radius 2 is 1.25 bits per heavy atom. The molecule has 0 saturated heterocycles.